The van der Waals surface area contributed by atoms with Crippen LogP contribution in [-0.2, 0) is 0 Å². The Kier molecular flexibility index (Phi) is 2.57. The first-order valence-electron chi connectivity index (χ1n) is 5.27. The van der Waals surface area contributed by atoms with Crippen LogP contribution in [0.3, 0.4) is 0 Å². The zero-order chi connectivity index (χ0) is 9.97. The normalized spacial score (nSPS) is 24.4. The molecule has 1 aliphatic rings. The van der Waals surface area contributed by atoms with Gasteiger partial charge in [-0.05, 0) is 31.4 Å². The summed E-state index contributed by atoms with van der Waals surface area (Å²) in [6.45, 7) is 5.24. The van der Waals surface area contributed by atoms with Crippen molar-refractivity contribution >= 4 is 11.6 Å². The van der Waals surface area contributed by atoms with E-state index in [-0.39, 0.29) is 0 Å². The summed E-state index contributed by atoms with van der Waals surface area (Å²) in [5.41, 5.74) is 0. The number of rotatable bonds is 4. The van der Waals surface area contributed by atoms with Gasteiger partial charge in [0.1, 0.15) is 11.6 Å². The van der Waals surface area contributed by atoms with E-state index in [1.807, 2.05) is 18.2 Å². The average molecular weight is 191 g/mol. The van der Waals surface area contributed by atoms with Crippen molar-refractivity contribution in [2.45, 2.75) is 26.3 Å². The third-order valence-electron chi connectivity index (χ3n) is 2.55. The second kappa shape index (κ2) is 3.86. The van der Waals surface area contributed by atoms with E-state index >= 15 is 0 Å². The third kappa shape index (κ3) is 2.16. The van der Waals surface area contributed by atoms with Crippen LogP contribution in [-0.4, -0.2) is 17.6 Å². The van der Waals surface area contributed by atoms with Gasteiger partial charge in [-0.2, -0.15) is 0 Å². The Labute approximate surface area is 84.9 Å². The topological polar surface area (TPSA) is 37.0 Å². The molecule has 1 heterocycles. The van der Waals surface area contributed by atoms with Crippen LogP contribution in [0, 0.1) is 5.92 Å². The van der Waals surface area contributed by atoms with Gasteiger partial charge in [0.25, 0.3) is 0 Å². The van der Waals surface area contributed by atoms with Gasteiger partial charge in [0.2, 0.25) is 0 Å². The second-order valence-corrected chi connectivity index (χ2v) is 3.90. The van der Waals surface area contributed by atoms with Crippen molar-refractivity contribution in [3.8, 4) is 0 Å². The van der Waals surface area contributed by atoms with Gasteiger partial charge in [0, 0.05) is 12.6 Å². The highest BCUT2D eigenvalue weighted by atomic mass is 15.1. The molecular weight excluding hydrogens is 174 g/mol. The molecule has 1 fully saturated rings. The smallest absolute Gasteiger partial charge is 0.128 e. The lowest BCUT2D eigenvalue weighted by Gasteiger charge is -2.06. The summed E-state index contributed by atoms with van der Waals surface area (Å²) >= 11 is 0. The van der Waals surface area contributed by atoms with E-state index < -0.39 is 0 Å². The number of hydrogen-bond acceptors (Lipinski definition) is 3. The van der Waals surface area contributed by atoms with Crippen molar-refractivity contribution in [3.63, 3.8) is 0 Å². The summed E-state index contributed by atoms with van der Waals surface area (Å²) in [6.07, 6.45) is 1.27. The quantitative estimate of drug-likeness (QED) is 0.767. The molecule has 2 N–H and O–H groups in total. The summed E-state index contributed by atoms with van der Waals surface area (Å²) in [4.78, 5) is 4.45. The van der Waals surface area contributed by atoms with Crippen molar-refractivity contribution in [1.29, 1.82) is 0 Å². The van der Waals surface area contributed by atoms with E-state index in [0.29, 0.717) is 6.04 Å². The van der Waals surface area contributed by atoms with Crippen LogP contribution in [0.2, 0.25) is 0 Å². The fourth-order valence-electron chi connectivity index (χ4n) is 1.51. The Morgan fingerprint density at radius 3 is 2.79 bits per heavy atom. The van der Waals surface area contributed by atoms with E-state index in [1.165, 1.54) is 6.42 Å². The molecule has 1 aromatic rings. The number of nitrogens with one attached hydrogen (secondary N) is 2. The van der Waals surface area contributed by atoms with Gasteiger partial charge >= 0.3 is 0 Å². The minimum atomic E-state index is 0.638. The van der Waals surface area contributed by atoms with Gasteiger partial charge < -0.3 is 10.6 Å². The Morgan fingerprint density at radius 2 is 2.14 bits per heavy atom. The van der Waals surface area contributed by atoms with Crippen LogP contribution in [0.25, 0.3) is 0 Å². The monoisotopic (exact) mass is 191 g/mol. The lowest BCUT2D eigenvalue weighted by Crippen LogP contribution is -2.07. The van der Waals surface area contributed by atoms with Crippen LogP contribution in [0.1, 0.15) is 20.3 Å². The molecule has 2 rings (SSSR count). The maximum atomic E-state index is 4.45. The molecule has 3 nitrogen and oxygen atoms in total. The van der Waals surface area contributed by atoms with Crippen LogP contribution < -0.4 is 10.6 Å². The first-order chi connectivity index (χ1) is 6.79. The molecule has 2 atom stereocenters. The molecule has 0 aliphatic heterocycles. The standard InChI is InChI=1S/C11H17N3/c1-3-12-10-5-4-6-11(14-10)13-9-7-8(9)2/h4-6,8-9H,3,7H2,1-2H3,(H2,12,13,14). The summed E-state index contributed by atoms with van der Waals surface area (Å²) in [5.74, 6) is 2.74. The highest BCUT2D eigenvalue weighted by Crippen LogP contribution is 2.32. The van der Waals surface area contributed by atoms with E-state index in [0.717, 1.165) is 24.1 Å². The second-order valence-electron chi connectivity index (χ2n) is 3.90. The first kappa shape index (κ1) is 9.31. The Hall–Kier alpha value is -1.25. The molecule has 3 heteroatoms. The van der Waals surface area contributed by atoms with Crippen LogP contribution in [0.15, 0.2) is 18.2 Å². The Bertz CT molecular complexity index is 311. The van der Waals surface area contributed by atoms with Gasteiger partial charge in [-0.25, -0.2) is 4.98 Å². The molecular formula is C11H17N3. The highest BCUT2D eigenvalue weighted by molar-refractivity contribution is 5.46. The Balaban J connectivity index is 1.99. The molecule has 0 saturated heterocycles. The lowest BCUT2D eigenvalue weighted by molar-refractivity contribution is 0.923. The first-order valence-corrected chi connectivity index (χ1v) is 5.27. The van der Waals surface area contributed by atoms with Crippen molar-refractivity contribution in [1.82, 2.24) is 4.98 Å². The van der Waals surface area contributed by atoms with Gasteiger partial charge in [-0.1, -0.05) is 13.0 Å². The van der Waals surface area contributed by atoms with Gasteiger partial charge in [-0.15, -0.1) is 0 Å². The fraction of sp³-hybridized carbons (Fsp3) is 0.545. The Morgan fingerprint density at radius 1 is 1.43 bits per heavy atom. The molecule has 14 heavy (non-hydrogen) atoms. The van der Waals surface area contributed by atoms with Crippen LogP contribution in [0.5, 0.6) is 0 Å². The van der Waals surface area contributed by atoms with Gasteiger partial charge in [0.05, 0.1) is 0 Å². The number of anilines is 2. The average Bonchev–Trinajstić information content (AvgIpc) is 2.83. The fourth-order valence-corrected chi connectivity index (χ4v) is 1.51. The summed E-state index contributed by atoms with van der Waals surface area (Å²) < 4.78 is 0. The molecule has 0 bridgehead atoms. The van der Waals surface area contributed by atoms with Crippen molar-refractivity contribution < 1.29 is 0 Å². The molecule has 1 saturated carbocycles. The molecule has 0 radical (unpaired) electrons. The van der Waals surface area contributed by atoms with E-state index in [2.05, 4.69) is 29.5 Å². The van der Waals surface area contributed by atoms with Crippen LogP contribution >= 0.6 is 0 Å². The number of hydrogen-bond donors (Lipinski definition) is 2. The summed E-state index contributed by atoms with van der Waals surface area (Å²) in [5, 5.41) is 6.61. The minimum absolute atomic E-state index is 0.638. The highest BCUT2D eigenvalue weighted by Gasteiger charge is 2.32. The third-order valence-corrected chi connectivity index (χ3v) is 2.55. The molecule has 76 valence electrons. The van der Waals surface area contributed by atoms with Gasteiger partial charge in [-0.3, -0.25) is 0 Å². The molecule has 1 aromatic heterocycles. The van der Waals surface area contributed by atoms with E-state index in [1.54, 1.807) is 0 Å². The zero-order valence-corrected chi connectivity index (χ0v) is 8.75. The van der Waals surface area contributed by atoms with Crippen molar-refractivity contribution in [2.75, 3.05) is 17.2 Å². The van der Waals surface area contributed by atoms with E-state index in [4.69, 9.17) is 0 Å². The number of pyridine rings is 1. The van der Waals surface area contributed by atoms with Crippen LogP contribution in [0.4, 0.5) is 11.6 Å². The minimum Gasteiger partial charge on any atom is -0.370 e. The van der Waals surface area contributed by atoms with Crippen molar-refractivity contribution in [2.24, 2.45) is 5.92 Å². The summed E-state index contributed by atoms with van der Waals surface area (Å²) in [6, 6.07) is 6.68. The molecule has 0 aromatic carbocycles. The summed E-state index contributed by atoms with van der Waals surface area (Å²) in [7, 11) is 0. The lowest BCUT2D eigenvalue weighted by atomic mass is 10.4. The predicted octanol–water partition coefficient (Wildman–Crippen LogP) is 2.33. The predicted molar refractivity (Wildman–Crippen MR) is 59.6 cm³/mol. The molecule has 1 aliphatic carbocycles. The number of nitrogens with zero attached hydrogens (tertiary/aromatic N) is 1. The number of aromatic nitrogens is 1. The van der Waals surface area contributed by atoms with Gasteiger partial charge in [0.15, 0.2) is 0 Å². The SMILES string of the molecule is CCNc1cccc(NC2CC2C)n1. The maximum absolute atomic E-state index is 4.45. The molecule has 0 spiro atoms. The van der Waals surface area contributed by atoms with Crippen molar-refractivity contribution in [3.05, 3.63) is 18.2 Å². The molecule has 0 amide bonds. The maximum Gasteiger partial charge on any atom is 0.128 e. The zero-order valence-electron chi connectivity index (χ0n) is 8.75. The molecule has 2 unspecified atom stereocenters. The van der Waals surface area contributed by atoms with E-state index in [9.17, 15) is 0 Å². The largest absolute Gasteiger partial charge is 0.370 e.